The van der Waals surface area contributed by atoms with Crippen molar-refractivity contribution in [3.8, 4) is 0 Å². The molecule has 1 aliphatic heterocycles. The minimum atomic E-state index is -0.0678. The van der Waals surface area contributed by atoms with Gasteiger partial charge in [-0.15, -0.1) is 0 Å². The van der Waals surface area contributed by atoms with Crippen molar-refractivity contribution in [1.82, 2.24) is 9.38 Å². The summed E-state index contributed by atoms with van der Waals surface area (Å²) in [7, 11) is 0. The summed E-state index contributed by atoms with van der Waals surface area (Å²) >= 11 is 3.53. The zero-order valence-electron chi connectivity index (χ0n) is 14.8. The van der Waals surface area contributed by atoms with Gasteiger partial charge >= 0.3 is 0 Å². The molecular weight excluding hydrogens is 394 g/mol. The van der Waals surface area contributed by atoms with Crippen LogP contribution in [-0.2, 0) is 6.42 Å². The molecular formula is C20H18BrN3O2. The number of pyridine rings is 1. The molecule has 0 saturated carbocycles. The largest absolute Gasteiger partial charge is 0.306 e. The lowest BCUT2D eigenvalue weighted by molar-refractivity contribution is 0.0981. The van der Waals surface area contributed by atoms with Gasteiger partial charge in [-0.1, -0.05) is 0 Å². The lowest BCUT2D eigenvalue weighted by Crippen LogP contribution is -2.30. The number of benzene rings is 1. The molecule has 0 spiro atoms. The van der Waals surface area contributed by atoms with Gasteiger partial charge < -0.3 is 4.90 Å². The summed E-state index contributed by atoms with van der Waals surface area (Å²) in [6.45, 7) is 6.01. The van der Waals surface area contributed by atoms with Crippen molar-refractivity contribution >= 4 is 39.0 Å². The SMILES string of the molecule is CC(=O)c1ccc2c(c1)CCN2C(=O)c1c(C)nc2c(Br)cc(C)cn12. The highest BCUT2D eigenvalue weighted by atomic mass is 79.9. The summed E-state index contributed by atoms with van der Waals surface area (Å²) in [4.78, 5) is 31.3. The smallest absolute Gasteiger partial charge is 0.277 e. The van der Waals surface area contributed by atoms with E-state index in [2.05, 4.69) is 20.9 Å². The first-order valence-corrected chi connectivity index (χ1v) is 9.26. The van der Waals surface area contributed by atoms with Gasteiger partial charge in [-0.05, 0) is 78.5 Å². The number of hydrogen-bond donors (Lipinski definition) is 0. The number of aryl methyl sites for hydroxylation is 2. The second kappa shape index (κ2) is 6.06. The van der Waals surface area contributed by atoms with Crippen LogP contribution in [0.2, 0.25) is 0 Å². The number of halogens is 1. The van der Waals surface area contributed by atoms with Crippen LogP contribution in [0.3, 0.4) is 0 Å². The third kappa shape index (κ3) is 2.56. The molecule has 1 amide bonds. The molecule has 3 aromatic rings. The number of nitrogens with zero attached hydrogens (tertiary/aromatic N) is 3. The summed E-state index contributed by atoms with van der Waals surface area (Å²) in [5.41, 5.74) is 5.66. The normalized spacial score (nSPS) is 13.3. The molecule has 132 valence electrons. The molecule has 6 heteroatoms. The molecule has 0 N–H and O–H groups in total. The van der Waals surface area contributed by atoms with Crippen LogP contribution < -0.4 is 4.90 Å². The van der Waals surface area contributed by atoms with Gasteiger partial charge in [0.05, 0.1) is 10.2 Å². The average molecular weight is 412 g/mol. The van der Waals surface area contributed by atoms with Gasteiger partial charge in [0, 0.05) is 24.0 Å². The molecule has 4 rings (SSSR count). The number of rotatable bonds is 2. The third-order valence-electron chi connectivity index (χ3n) is 4.82. The Kier molecular flexibility index (Phi) is 3.95. The molecule has 0 saturated heterocycles. The van der Waals surface area contributed by atoms with E-state index in [1.54, 1.807) is 17.9 Å². The van der Waals surface area contributed by atoms with Crippen LogP contribution in [-0.4, -0.2) is 27.6 Å². The number of anilines is 1. The zero-order chi connectivity index (χ0) is 18.6. The first kappa shape index (κ1) is 17.0. The van der Waals surface area contributed by atoms with Gasteiger partial charge in [0.15, 0.2) is 11.4 Å². The molecule has 5 nitrogen and oxygen atoms in total. The topological polar surface area (TPSA) is 54.7 Å². The van der Waals surface area contributed by atoms with Gasteiger partial charge in [-0.25, -0.2) is 4.98 Å². The van der Waals surface area contributed by atoms with E-state index in [9.17, 15) is 9.59 Å². The molecule has 0 fully saturated rings. The Morgan fingerprint density at radius 2 is 1.96 bits per heavy atom. The van der Waals surface area contributed by atoms with Gasteiger partial charge in [-0.3, -0.25) is 14.0 Å². The fraction of sp³-hybridized carbons (Fsp3) is 0.250. The zero-order valence-corrected chi connectivity index (χ0v) is 16.4. The minimum absolute atomic E-state index is 0.0375. The van der Waals surface area contributed by atoms with Gasteiger partial charge in [0.2, 0.25) is 0 Å². The first-order chi connectivity index (χ1) is 12.4. The lowest BCUT2D eigenvalue weighted by atomic mass is 10.1. The van der Waals surface area contributed by atoms with Crippen LogP contribution in [0.15, 0.2) is 34.9 Å². The molecule has 2 aromatic heterocycles. The predicted octanol–water partition coefficient (Wildman–Crippen LogP) is 4.12. The highest BCUT2D eigenvalue weighted by molar-refractivity contribution is 9.10. The Balaban J connectivity index is 1.81. The highest BCUT2D eigenvalue weighted by Gasteiger charge is 2.29. The second-order valence-electron chi connectivity index (χ2n) is 6.71. The van der Waals surface area contributed by atoms with E-state index < -0.39 is 0 Å². The van der Waals surface area contributed by atoms with Crippen molar-refractivity contribution in [3.05, 3.63) is 63.0 Å². The molecule has 26 heavy (non-hydrogen) atoms. The standard InChI is InChI=1S/C20H18BrN3O2/c1-11-8-16(21)19-22-12(2)18(24(19)10-11)20(26)23-7-6-15-9-14(13(3)25)4-5-17(15)23/h4-5,8-10H,6-7H2,1-3H3. The van der Waals surface area contributed by atoms with Crippen LogP contribution >= 0.6 is 15.9 Å². The number of hydrogen-bond acceptors (Lipinski definition) is 3. The lowest BCUT2D eigenvalue weighted by Gasteiger charge is -2.18. The summed E-state index contributed by atoms with van der Waals surface area (Å²) in [6.07, 6.45) is 2.68. The molecule has 0 aliphatic carbocycles. The molecule has 1 aliphatic rings. The number of amides is 1. The number of aromatic nitrogens is 2. The summed E-state index contributed by atoms with van der Waals surface area (Å²) in [5.74, 6) is -0.0302. The van der Waals surface area contributed by atoms with Crippen molar-refractivity contribution in [3.63, 3.8) is 0 Å². The molecule has 3 heterocycles. The van der Waals surface area contributed by atoms with E-state index >= 15 is 0 Å². The average Bonchev–Trinajstić information content (AvgIpc) is 3.14. The van der Waals surface area contributed by atoms with Crippen LogP contribution in [0.4, 0.5) is 5.69 Å². The van der Waals surface area contributed by atoms with E-state index in [4.69, 9.17) is 0 Å². The summed E-state index contributed by atoms with van der Waals surface area (Å²) in [6, 6.07) is 7.54. The van der Waals surface area contributed by atoms with Gasteiger partial charge in [-0.2, -0.15) is 0 Å². The van der Waals surface area contributed by atoms with E-state index in [1.807, 2.05) is 42.6 Å². The fourth-order valence-corrected chi connectivity index (χ4v) is 4.20. The second-order valence-corrected chi connectivity index (χ2v) is 7.57. The number of imidazole rings is 1. The van der Waals surface area contributed by atoms with E-state index in [0.717, 1.165) is 33.4 Å². The minimum Gasteiger partial charge on any atom is -0.306 e. The van der Waals surface area contributed by atoms with Gasteiger partial charge in [0.1, 0.15) is 5.69 Å². The van der Waals surface area contributed by atoms with Crippen LogP contribution in [0.5, 0.6) is 0 Å². The monoisotopic (exact) mass is 411 g/mol. The maximum Gasteiger partial charge on any atom is 0.277 e. The summed E-state index contributed by atoms with van der Waals surface area (Å²) < 4.78 is 2.73. The van der Waals surface area contributed by atoms with Gasteiger partial charge in [0.25, 0.3) is 5.91 Å². The molecule has 1 aromatic carbocycles. The molecule has 0 bridgehead atoms. The maximum atomic E-state index is 13.3. The number of fused-ring (bicyclic) bond motifs is 2. The Labute approximate surface area is 159 Å². The van der Waals surface area contributed by atoms with Crippen molar-refractivity contribution in [2.75, 3.05) is 11.4 Å². The predicted molar refractivity (Wildman–Crippen MR) is 104 cm³/mol. The van der Waals surface area contributed by atoms with Crippen molar-refractivity contribution in [2.45, 2.75) is 27.2 Å². The third-order valence-corrected chi connectivity index (χ3v) is 5.40. The number of carbonyl (C=O) groups is 2. The number of Topliss-reactive ketones (excluding diaryl/α,β-unsaturated/α-hetero) is 1. The van der Waals surface area contributed by atoms with E-state index in [1.165, 1.54) is 0 Å². The summed E-state index contributed by atoms with van der Waals surface area (Å²) in [5, 5.41) is 0. The maximum absolute atomic E-state index is 13.3. The molecule has 0 radical (unpaired) electrons. The highest BCUT2D eigenvalue weighted by Crippen LogP contribution is 2.31. The van der Waals surface area contributed by atoms with E-state index in [0.29, 0.717) is 23.5 Å². The van der Waals surface area contributed by atoms with Crippen molar-refractivity contribution in [1.29, 1.82) is 0 Å². The van der Waals surface area contributed by atoms with Crippen LogP contribution in [0.1, 0.15) is 44.6 Å². The quantitative estimate of drug-likeness (QED) is 0.595. The Morgan fingerprint density at radius 1 is 1.19 bits per heavy atom. The first-order valence-electron chi connectivity index (χ1n) is 8.47. The Hall–Kier alpha value is -2.47. The van der Waals surface area contributed by atoms with Crippen LogP contribution in [0.25, 0.3) is 5.65 Å². The molecule has 0 atom stereocenters. The van der Waals surface area contributed by atoms with Crippen molar-refractivity contribution in [2.24, 2.45) is 0 Å². The fourth-order valence-electron chi connectivity index (χ4n) is 3.56. The number of ketones is 1. The number of carbonyl (C=O) groups excluding carboxylic acids is 2. The Morgan fingerprint density at radius 3 is 2.69 bits per heavy atom. The van der Waals surface area contributed by atoms with Crippen molar-refractivity contribution < 1.29 is 9.59 Å². The Bertz CT molecular complexity index is 1080. The van der Waals surface area contributed by atoms with Crippen LogP contribution in [0, 0.1) is 13.8 Å². The molecule has 0 unspecified atom stereocenters. The van der Waals surface area contributed by atoms with E-state index in [-0.39, 0.29) is 11.7 Å².